The number of hydrogen-bond acceptors (Lipinski definition) is 5. The topological polar surface area (TPSA) is 79.4 Å². The zero-order valence-electron chi connectivity index (χ0n) is 10.1. The lowest BCUT2D eigenvalue weighted by Crippen LogP contribution is -2.23. The molecule has 6 heteroatoms. The lowest BCUT2D eigenvalue weighted by molar-refractivity contribution is 0.140. The van der Waals surface area contributed by atoms with Crippen molar-refractivity contribution in [2.24, 2.45) is 5.73 Å². The molecule has 1 heterocycles. The van der Waals surface area contributed by atoms with Crippen molar-refractivity contribution in [3.05, 3.63) is 22.6 Å². The summed E-state index contributed by atoms with van der Waals surface area (Å²) < 4.78 is 11.8. The van der Waals surface area contributed by atoms with Crippen molar-refractivity contribution in [2.45, 2.75) is 19.9 Å². The standard InChI is InChI=1S/C11H19N3O3/c1-2-16-6-3-5-14-11(15)8-10(9-13-14)17-7-4-12/h8-9H,2-7,12H2,1H3. The summed E-state index contributed by atoms with van der Waals surface area (Å²) in [5.41, 5.74) is 5.13. The maximum Gasteiger partial charge on any atom is 0.270 e. The average molecular weight is 241 g/mol. The molecule has 0 atom stereocenters. The van der Waals surface area contributed by atoms with Crippen LogP contribution < -0.4 is 16.0 Å². The van der Waals surface area contributed by atoms with Crippen LogP contribution in [0.15, 0.2) is 17.1 Å². The molecule has 1 rings (SSSR count). The summed E-state index contributed by atoms with van der Waals surface area (Å²) in [6.45, 7) is 4.61. The molecule has 0 aromatic carbocycles. The Bertz CT molecular complexity index is 378. The molecule has 0 unspecified atom stereocenters. The van der Waals surface area contributed by atoms with Crippen molar-refractivity contribution in [2.75, 3.05) is 26.4 Å². The molecule has 0 saturated carbocycles. The van der Waals surface area contributed by atoms with E-state index in [1.54, 1.807) is 0 Å². The van der Waals surface area contributed by atoms with Crippen LogP contribution >= 0.6 is 0 Å². The maximum absolute atomic E-state index is 11.6. The highest BCUT2D eigenvalue weighted by Gasteiger charge is 2.00. The van der Waals surface area contributed by atoms with Crippen molar-refractivity contribution >= 4 is 0 Å². The van der Waals surface area contributed by atoms with E-state index in [4.69, 9.17) is 15.2 Å². The van der Waals surface area contributed by atoms with Gasteiger partial charge in [-0.2, -0.15) is 5.10 Å². The normalized spacial score (nSPS) is 10.5. The van der Waals surface area contributed by atoms with Gasteiger partial charge in [-0.3, -0.25) is 4.79 Å². The number of aromatic nitrogens is 2. The van der Waals surface area contributed by atoms with Crippen LogP contribution in [0.5, 0.6) is 5.75 Å². The molecule has 0 saturated heterocycles. The van der Waals surface area contributed by atoms with Crippen LogP contribution in [0.4, 0.5) is 0 Å². The van der Waals surface area contributed by atoms with E-state index in [9.17, 15) is 4.79 Å². The first-order valence-corrected chi connectivity index (χ1v) is 5.75. The minimum Gasteiger partial charge on any atom is -0.490 e. The van der Waals surface area contributed by atoms with Gasteiger partial charge in [0.2, 0.25) is 0 Å². The summed E-state index contributed by atoms with van der Waals surface area (Å²) in [5.74, 6) is 0.460. The lowest BCUT2D eigenvalue weighted by Gasteiger charge is -2.06. The fraction of sp³-hybridized carbons (Fsp3) is 0.636. The Labute approximate surface area is 100 Å². The minimum absolute atomic E-state index is 0.170. The molecule has 0 bridgehead atoms. The lowest BCUT2D eigenvalue weighted by atomic mass is 10.4. The highest BCUT2D eigenvalue weighted by Crippen LogP contribution is 2.02. The van der Waals surface area contributed by atoms with Crippen LogP contribution in [-0.4, -0.2) is 36.1 Å². The van der Waals surface area contributed by atoms with Crippen LogP contribution in [0, 0.1) is 0 Å². The summed E-state index contributed by atoms with van der Waals surface area (Å²) >= 11 is 0. The summed E-state index contributed by atoms with van der Waals surface area (Å²) in [5, 5.41) is 4.01. The molecule has 0 spiro atoms. The molecule has 0 aliphatic rings. The molecule has 1 aromatic rings. The van der Waals surface area contributed by atoms with Gasteiger partial charge in [-0.15, -0.1) is 0 Å². The van der Waals surface area contributed by atoms with Gasteiger partial charge in [0.1, 0.15) is 12.4 Å². The SMILES string of the molecule is CCOCCCn1ncc(OCCN)cc1=O. The number of rotatable bonds is 8. The fourth-order valence-electron chi connectivity index (χ4n) is 1.30. The van der Waals surface area contributed by atoms with Gasteiger partial charge in [-0.1, -0.05) is 0 Å². The van der Waals surface area contributed by atoms with Gasteiger partial charge in [-0.05, 0) is 13.3 Å². The van der Waals surface area contributed by atoms with E-state index >= 15 is 0 Å². The number of aryl methyl sites for hydroxylation is 1. The molecule has 1 aromatic heterocycles. The minimum atomic E-state index is -0.170. The molecule has 2 N–H and O–H groups in total. The molecule has 96 valence electrons. The fourth-order valence-corrected chi connectivity index (χ4v) is 1.30. The Hall–Kier alpha value is -1.40. The van der Waals surface area contributed by atoms with E-state index in [1.165, 1.54) is 16.9 Å². The van der Waals surface area contributed by atoms with Crippen LogP contribution in [0.3, 0.4) is 0 Å². The third kappa shape index (κ3) is 4.97. The number of hydrogen-bond donors (Lipinski definition) is 1. The molecule has 6 nitrogen and oxygen atoms in total. The van der Waals surface area contributed by atoms with E-state index in [2.05, 4.69) is 5.10 Å². The summed E-state index contributed by atoms with van der Waals surface area (Å²) in [7, 11) is 0. The van der Waals surface area contributed by atoms with E-state index in [-0.39, 0.29) is 5.56 Å². The Morgan fingerprint density at radius 2 is 2.29 bits per heavy atom. The Kier molecular flexibility index (Phi) is 6.27. The maximum atomic E-state index is 11.6. The van der Waals surface area contributed by atoms with E-state index in [0.29, 0.717) is 38.7 Å². The van der Waals surface area contributed by atoms with E-state index < -0.39 is 0 Å². The van der Waals surface area contributed by atoms with E-state index in [1.807, 2.05) is 6.92 Å². The molecule has 0 amide bonds. The second-order valence-electron chi connectivity index (χ2n) is 3.44. The molecule has 17 heavy (non-hydrogen) atoms. The van der Waals surface area contributed by atoms with Crippen molar-refractivity contribution in [3.63, 3.8) is 0 Å². The van der Waals surface area contributed by atoms with Crippen LogP contribution in [0.25, 0.3) is 0 Å². The number of ether oxygens (including phenoxy) is 2. The molecular formula is C11H19N3O3. The van der Waals surface area contributed by atoms with Gasteiger partial charge in [0.25, 0.3) is 5.56 Å². The highest BCUT2D eigenvalue weighted by atomic mass is 16.5. The molecule has 0 radical (unpaired) electrons. The van der Waals surface area contributed by atoms with Gasteiger partial charge in [-0.25, -0.2) is 4.68 Å². The summed E-state index contributed by atoms with van der Waals surface area (Å²) in [4.78, 5) is 11.6. The van der Waals surface area contributed by atoms with Crippen molar-refractivity contribution < 1.29 is 9.47 Å². The van der Waals surface area contributed by atoms with E-state index in [0.717, 1.165) is 6.42 Å². The Morgan fingerprint density at radius 3 is 2.94 bits per heavy atom. The van der Waals surface area contributed by atoms with Gasteiger partial charge in [0.05, 0.1) is 6.20 Å². The van der Waals surface area contributed by atoms with Gasteiger partial charge in [0.15, 0.2) is 0 Å². The zero-order chi connectivity index (χ0) is 12.5. The van der Waals surface area contributed by atoms with Crippen LogP contribution in [0.2, 0.25) is 0 Å². The van der Waals surface area contributed by atoms with Crippen LogP contribution in [0.1, 0.15) is 13.3 Å². The third-order valence-corrected chi connectivity index (χ3v) is 2.09. The average Bonchev–Trinajstić information content (AvgIpc) is 2.34. The quantitative estimate of drug-likeness (QED) is 0.648. The van der Waals surface area contributed by atoms with Crippen molar-refractivity contribution in [1.29, 1.82) is 0 Å². The molecule has 0 aliphatic carbocycles. The molecule has 0 fully saturated rings. The summed E-state index contributed by atoms with van der Waals surface area (Å²) in [6, 6.07) is 1.42. The predicted octanol–water partition coefficient (Wildman–Crippen LogP) is 0.00740. The first-order valence-electron chi connectivity index (χ1n) is 5.75. The van der Waals surface area contributed by atoms with Gasteiger partial charge in [0, 0.05) is 32.4 Å². The van der Waals surface area contributed by atoms with Gasteiger partial charge < -0.3 is 15.2 Å². The number of nitrogens with zero attached hydrogens (tertiary/aromatic N) is 2. The summed E-state index contributed by atoms with van der Waals surface area (Å²) in [6.07, 6.45) is 2.29. The Morgan fingerprint density at radius 1 is 1.47 bits per heavy atom. The molecule has 0 aliphatic heterocycles. The number of nitrogens with two attached hydrogens (primary N) is 1. The van der Waals surface area contributed by atoms with Crippen molar-refractivity contribution in [3.8, 4) is 5.75 Å². The monoisotopic (exact) mass is 241 g/mol. The first-order chi connectivity index (χ1) is 8.27. The van der Waals surface area contributed by atoms with Crippen molar-refractivity contribution in [1.82, 2.24) is 9.78 Å². The Balaban J connectivity index is 2.48. The highest BCUT2D eigenvalue weighted by molar-refractivity contribution is 5.13. The second-order valence-corrected chi connectivity index (χ2v) is 3.44. The molecular weight excluding hydrogens is 222 g/mol. The smallest absolute Gasteiger partial charge is 0.270 e. The van der Waals surface area contributed by atoms with Crippen LogP contribution in [-0.2, 0) is 11.3 Å². The van der Waals surface area contributed by atoms with Gasteiger partial charge >= 0.3 is 0 Å². The predicted molar refractivity (Wildman–Crippen MR) is 64.2 cm³/mol. The zero-order valence-corrected chi connectivity index (χ0v) is 10.1. The third-order valence-electron chi connectivity index (χ3n) is 2.09. The second kappa shape index (κ2) is 7.81. The first kappa shape index (κ1) is 13.7. The largest absolute Gasteiger partial charge is 0.490 e.